The molecule has 0 aliphatic heterocycles. The summed E-state index contributed by atoms with van der Waals surface area (Å²) in [5.74, 6) is 0.277. The summed E-state index contributed by atoms with van der Waals surface area (Å²) in [7, 11) is 0. The normalized spacial score (nSPS) is 12.2. The Bertz CT molecular complexity index is 557. The Labute approximate surface area is 126 Å². The molecule has 2 nitrogen and oxygen atoms in total. The quantitative estimate of drug-likeness (QED) is 0.784. The molecule has 0 bridgehead atoms. The first-order valence-corrected chi connectivity index (χ1v) is 7.27. The van der Waals surface area contributed by atoms with Gasteiger partial charge in [-0.05, 0) is 42.3 Å². The summed E-state index contributed by atoms with van der Waals surface area (Å²) in [6.07, 6.45) is 0.924. The molecule has 1 unspecified atom stereocenters. The van der Waals surface area contributed by atoms with E-state index in [4.69, 9.17) is 11.6 Å². The van der Waals surface area contributed by atoms with Gasteiger partial charge in [-0.2, -0.15) is 0 Å². The Balaban J connectivity index is 2.23. The van der Waals surface area contributed by atoms with Gasteiger partial charge in [0, 0.05) is 4.47 Å². The molecule has 1 atom stereocenters. The minimum atomic E-state index is 0.160. The largest absolute Gasteiger partial charge is 0.508 e. The zero-order valence-corrected chi connectivity index (χ0v) is 12.9. The number of hydrogen-bond acceptors (Lipinski definition) is 2. The van der Waals surface area contributed by atoms with Crippen LogP contribution in [-0.2, 0) is 0 Å². The first-order valence-electron chi connectivity index (χ1n) is 6.10. The van der Waals surface area contributed by atoms with E-state index in [1.54, 1.807) is 12.1 Å². The van der Waals surface area contributed by atoms with Crippen LogP contribution in [0.5, 0.6) is 5.75 Å². The Kier molecular flexibility index (Phi) is 4.72. The number of anilines is 1. The molecule has 2 aromatic carbocycles. The highest BCUT2D eigenvalue weighted by Gasteiger charge is 2.11. The Morgan fingerprint density at radius 3 is 2.53 bits per heavy atom. The van der Waals surface area contributed by atoms with Crippen molar-refractivity contribution in [2.75, 3.05) is 5.32 Å². The minimum Gasteiger partial charge on any atom is -0.508 e. The molecule has 0 aliphatic rings. The summed E-state index contributed by atoms with van der Waals surface area (Å²) in [6, 6.07) is 13.1. The number of aromatic hydroxyl groups is 1. The monoisotopic (exact) mass is 339 g/mol. The van der Waals surface area contributed by atoms with Crippen molar-refractivity contribution in [2.45, 2.75) is 19.4 Å². The van der Waals surface area contributed by atoms with Crippen LogP contribution in [0.2, 0.25) is 5.02 Å². The second-order valence-electron chi connectivity index (χ2n) is 4.32. The average molecular weight is 341 g/mol. The van der Waals surface area contributed by atoms with E-state index in [0.717, 1.165) is 22.1 Å². The van der Waals surface area contributed by atoms with Crippen LogP contribution in [-0.4, -0.2) is 5.11 Å². The molecular formula is C15H15BrClNO. The van der Waals surface area contributed by atoms with Crippen molar-refractivity contribution in [3.63, 3.8) is 0 Å². The number of nitrogens with one attached hydrogen (secondary N) is 1. The van der Waals surface area contributed by atoms with Crippen molar-refractivity contribution in [3.05, 3.63) is 57.5 Å². The van der Waals surface area contributed by atoms with Crippen LogP contribution in [0.3, 0.4) is 0 Å². The van der Waals surface area contributed by atoms with E-state index >= 15 is 0 Å². The first-order chi connectivity index (χ1) is 9.10. The second-order valence-corrected chi connectivity index (χ2v) is 5.64. The van der Waals surface area contributed by atoms with Crippen molar-refractivity contribution < 1.29 is 5.11 Å². The van der Waals surface area contributed by atoms with E-state index in [1.165, 1.54) is 0 Å². The van der Waals surface area contributed by atoms with E-state index < -0.39 is 0 Å². The van der Waals surface area contributed by atoms with Crippen molar-refractivity contribution in [1.29, 1.82) is 0 Å². The summed E-state index contributed by atoms with van der Waals surface area (Å²) in [4.78, 5) is 0. The maximum atomic E-state index is 9.33. The zero-order valence-electron chi connectivity index (χ0n) is 10.5. The van der Waals surface area contributed by atoms with Crippen LogP contribution in [0.1, 0.15) is 24.9 Å². The van der Waals surface area contributed by atoms with Crippen LogP contribution in [0.15, 0.2) is 46.9 Å². The first kappa shape index (κ1) is 14.2. The second kappa shape index (κ2) is 6.31. The molecule has 2 aromatic rings. The fourth-order valence-corrected chi connectivity index (χ4v) is 2.46. The van der Waals surface area contributed by atoms with Crippen LogP contribution in [0.4, 0.5) is 5.69 Å². The van der Waals surface area contributed by atoms with Gasteiger partial charge in [0.2, 0.25) is 0 Å². The molecule has 0 saturated carbocycles. The van der Waals surface area contributed by atoms with Gasteiger partial charge >= 0.3 is 0 Å². The smallest absolute Gasteiger partial charge is 0.115 e. The lowest BCUT2D eigenvalue weighted by atomic mass is 10.0. The number of phenols is 1. The predicted octanol–water partition coefficient (Wildman–Crippen LogP) is 5.37. The third-order valence-electron chi connectivity index (χ3n) is 2.96. The molecule has 4 heteroatoms. The summed E-state index contributed by atoms with van der Waals surface area (Å²) < 4.78 is 0.986. The Morgan fingerprint density at radius 2 is 1.89 bits per heavy atom. The van der Waals surface area contributed by atoms with Gasteiger partial charge in [-0.1, -0.05) is 46.6 Å². The van der Waals surface area contributed by atoms with E-state index in [-0.39, 0.29) is 11.8 Å². The molecule has 0 radical (unpaired) electrons. The van der Waals surface area contributed by atoms with Gasteiger partial charge in [-0.25, -0.2) is 0 Å². The lowest BCUT2D eigenvalue weighted by Crippen LogP contribution is -2.09. The fraction of sp³-hybridized carbons (Fsp3) is 0.200. The van der Waals surface area contributed by atoms with Gasteiger partial charge in [-0.3, -0.25) is 0 Å². The number of phenolic OH excluding ortho intramolecular Hbond substituents is 1. The van der Waals surface area contributed by atoms with E-state index in [1.807, 2.05) is 30.3 Å². The van der Waals surface area contributed by atoms with Crippen LogP contribution >= 0.6 is 27.5 Å². The SMILES string of the molecule is CCC(Nc1cc(Br)ccc1Cl)c1ccc(O)cc1. The predicted molar refractivity (Wildman–Crippen MR) is 83.9 cm³/mol. The topological polar surface area (TPSA) is 32.3 Å². The van der Waals surface area contributed by atoms with Gasteiger partial charge in [0.15, 0.2) is 0 Å². The molecule has 2 N–H and O–H groups in total. The molecule has 19 heavy (non-hydrogen) atoms. The summed E-state index contributed by atoms with van der Waals surface area (Å²) in [5.41, 5.74) is 2.02. The number of halogens is 2. The van der Waals surface area contributed by atoms with E-state index in [9.17, 15) is 5.11 Å². The highest BCUT2D eigenvalue weighted by atomic mass is 79.9. The molecule has 0 saturated heterocycles. The maximum absolute atomic E-state index is 9.33. The van der Waals surface area contributed by atoms with Gasteiger partial charge in [0.05, 0.1) is 16.8 Å². The molecule has 0 spiro atoms. The minimum absolute atomic E-state index is 0.160. The standard InChI is InChI=1S/C15H15BrClNO/c1-2-14(10-3-6-12(19)7-4-10)18-15-9-11(16)5-8-13(15)17/h3-9,14,18-19H,2H2,1H3. The third-order valence-corrected chi connectivity index (χ3v) is 3.78. The lowest BCUT2D eigenvalue weighted by Gasteiger charge is -2.20. The van der Waals surface area contributed by atoms with E-state index in [0.29, 0.717) is 5.02 Å². The van der Waals surface area contributed by atoms with Gasteiger partial charge in [0.25, 0.3) is 0 Å². The summed E-state index contributed by atoms with van der Waals surface area (Å²) in [6.45, 7) is 2.11. The molecule has 0 amide bonds. The van der Waals surface area contributed by atoms with Crippen molar-refractivity contribution in [3.8, 4) is 5.75 Å². The molecule has 0 aromatic heterocycles. The van der Waals surface area contributed by atoms with Crippen LogP contribution in [0.25, 0.3) is 0 Å². The summed E-state index contributed by atoms with van der Waals surface area (Å²) in [5, 5.41) is 13.5. The molecule has 0 fully saturated rings. The molecule has 0 aliphatic carbocycles. The number of rotatable bonds is 4. The zero-order chi connectivity index (χ0) is 13.8. The van der Waals surface area contributed by atoms with Crippen LogP contribution < -0.4 is 5.32 Å². The Hall–Kier alpha value is -1.19. The van der Waals surface area contributed by atoms with Crippen LogP contribution in [0, 0.1) is 0 Å². The molecule has 2 rings (SSSR count). The maximum Gasteiger partial charge on any atom is 0.115 e. The Morgan fingerprint density at radius 1 is 1.21 bits per heavy atom. The number of hydrogen-bond donors (Lipinski definition) is 2. The fourth-order valence-electron chi connectivity index (χ4n) is 1.92. The summed E-state index contributed by atoms with van der Waals surface area (Å²) >= 11 is 9.63. The average Bonchev–Trinajstić information content (AvgIpc) is 2.41. The lowest BCUT2D eigenvalue weighted by molar-refractivity contribution is 0.475. The van der Waals surface area contributed by atoms with Crippen molar-refractivity contribution >= 4 is 33.2 Å². The van der Waals surface area contributed by atoms with Gasteiger partial charge in [-0.15, -0.1) is 0 Å². The van der Waals surface area contributed by atoms with Gasteiger partial charge < -0.3 is 10.4 Å². The molecule has 0 heterocycles. The number of benzene rings is 2. The van der Waals surface area contributed by atoms with E-state index in [2.05, 4.69) is 28.2 Å². The van der Waals surface area contributed by atoms with Crippen molar-refractivity contribution in [1.82, 2.24) is 0 Å². The third kappa shape index (κ3) is 3.64. The van der Waals surface area contributed by atoms with Crippen molar-refractivity contribution in [2.24, 2.45) is 0 Å². The molecular weight excluding hydrogens is 326 g/mol. The van der Waals surface area contributed by atoms with Gasteiger partial charge in [0.1, 0.15) is 5.75 Å². The highest BCUT2D eigenvalue weighted by Crippen LogP contribution is 2.30. The highest BCUT2D eigenvalue weighted by molar-refractivity contribution is 9.10. The molecule has 100 valence electrons.